The maximum Gasteiger partial charge on any atom is 0.254 e. The highest BCUT2D eigenvalue weighted by atomic mass is 35.5. The van der Waals surface area contributed by atoms with Crippen LogP contribution in [0.4, 0.5) is 5.69 Å². The Morgan fingerprint density at radius 2 is 2.17 bits per heavy atom. The molecule has 0 saturated heterocycles. The molecule has 0 unspecified atom stereocenters. The molecule has 1 saturated carbocycles. The minimum atomic E-state index is 0.0631. The van der Waals surface area contributed by atoms with E-state index in [9.17, 15) is 4.79 Å². The van der Waals surface area contributed by atoms with Crippen molar-refractivity contribution in [1.82, 2.24) is 4.90 Å². The van der Waals surface area contributed by atoms with Gasteiger partial charge in [-0.25, -0.2) is 0 Å². The van der Waals surface area contributed by atoms with Crippen LogP contribution in [0, 0.1) is 5.92 Å². The number of carbonyl (C=O) groups is 1. The second-order valence-electron chi connectivity index (χ2n) is 5.32. The second kappa shape index (κ2) is 5.19. The summed E-state index contributed by atoms with van der Waals surface area (Å²) in [6.45, 7) is 5.04. The minimum Gasteiger partial charge on any atom is -0.398 e. The van der Waals surface area contributed by atoms with Gasteiger partial charge in [-0.2, -0.15) is 0 Å². The summed E-state index contributed by atoms with van der Waals surface area (Å²) >= 11 is 5.97. The fraction of sp³-hybridized carbons (Fsp3) is 0.500. The minimum absolute atomic E-state index is 0.0631. The third-order valence-electron chi connectivity index (χ3n) is 3.06. The Hall–Kier alpha value is -1.22. The zero-order valence-corrected chi connectivity index (χ0v) is 11.6. The molecule has 1 aliphatic carbocycles. The average molecular weight is 267 g/mol. The van der Waals surface area contributed by atoms with Crippen LogP contribution in [0.5, 0.6) is 0 Å². The summed E-state index contributed by atoms with van der Waals surface area (Å²) in [6, 6.07) is 5.51. The molecule has 0 radical (unpaired) electrons. The Bertz CT molecular complexity index is 455. The van der Waals surface area contributed by atoms with Crippen molar-refractivity contribution in [3.8, 4) is 0 Å². The van der Waals surface area contributed by atoms with Gasteiger partial charge in [0.15, 0.2) is 0 Å². The molecule has 1 fully saturated rings. The highest BCUT2D eigenvalue weighted by Crippen LogP contribution is 2.30. The molecule has 2 rings (SSSR count). The van der Waals surface area contributed by atoms with Crippen LogP contribution < -0.4 is 5.73 Å². The molecular formula is C14H19ClN2O. The van der Waals surface area contributed by atoms with Crippen LogP contribution >= 0.6 is 11.6 Å². The molecule has 0 aliphatic heterocycles. The van der Waals surface area contributed by atoms with Crippen molar-refractivity contribution in [1.29, 1.82) is 0 Å². The topological polar surface area (TPSA) is 46.3 Å². The van der Waals surface area contributed by atoms with E-state index in [0.717, 1.165) is 19.4 Å². The van der Waals surface area contributed by atoms with Crippen molar-refractivity contribution in [2.45, 2.75) is 32.7 Å². The van der Waals surface area contributed by atoms with Crippen LogP contribution in [0.15, 0.2) is 18.2 Å². The predicted octanol–water partition coefficient (Wildman–Crippen LogP) is 3.18. The van der Waals surface area contributed by atoms with Crippen molar-refractivity contribution >= 4 is 23.2 Å². The number of benzene rings is 1. The van der Waals surface area contributed by atoms with Gasteiger partial charge in [0.2, 0.25) is 0 Å². The van der Waals surface area contributed by atoms with Crippen molar-refractivity contribution in [2.24, 2.45) is 5.92 Å². The smallest absolute Gasteiger partial charge is 0.254 e. The quantitative estimate of drug-likeness (QED) is 0.851. The number of nitrogens with two attached hydrogens (primary N) is 1. The van der Waals surface area contributed by atoms with E-state index < -0.39 is 0 Å². The highest BCUT2D eigenvalue weighted by Gasteiger charge is 2.33. The van der Waals surface area contributed by atoms with Crippen molar-refractivity contribution < 1.29 is 4.79 Å². The third kappa shape index (κ3) is 2.96. The number of hydrogen-bond donors (Lipinski definition) is 1. The summed E-state index contributed by atoms with van der Waals surface area (Å²) in [5.74, 6) is 0.534. The largest absolute Gasteiger partial charge is 0.398 e. The normalized spacial score (nSPS) is 14.9. The van der Waals surface area contributed by atoms with Gasteiger partial charge in [-0.1, -0.05) is 25.4 Å². The van der Waals surface area contributed by atoms with Crippen molar-refractivity contribution in [2.75, 3.05) is 12.3 Å². The van der Waals surface area contributed by atoms with E-state index >= 15 is 0 Å². The maximum absolute atomic E-state index is 12.5. The fourth-order valence-corrected chi connectivity index (χ4v) is 2.18. The van der Waals surface area contributed by atoms with Gasteiger partial charge in [0.05, 0.1) is 10.7 Å². The van der Waals surface area contributed by atoms with E-state index in [-0.39, 0.29) is 5.91 Å². The molecule has 3 nitrogen and oxygen atoms in total. The molecule has 0 bridgehead atoms. The van der Waals surface area contributed by atoms with Crippen LogP contribution in [0.2, 0.25) is 5.02 Å². The van der Waals surface area contributed by atoms with Gasteiger partial charge >= 0.3 is 0 Å². The Kier molecular flexibility index (Phi) is 3.81. The van der Waals surface area contributed by atoms with Crippen molar-refractivity contribution in [3.05, 3.63) is 28.8 Å². The van der Waals surface area contributed by atoms with Gasteiger partial charge in [0.1, 0.15) is 0 Å². The first-order valence-corrected chi connectivity index (χ1v) is 6.73. The molecule has 2 N–H and O–H groups in total. The van der Waals surface area contributed by atoms with Crippen molar-refractivity contribution in [3.63, 3.8) is 0 Å². The van der Waals surface area contributed by atoms with E-state index in [4.69, 9.17) is 17.3 Å². The molecule has 1 aliphatic rings. The highest BCUT2D eigenvalue weighted by molar-refractivity contribution is 6.33. The standard InChI is InChI=1S/C14H19ClN2O/c1-9(2)8-17(11-4-5-11)14(18)10-3-6-13(16)12(15)7-10/h3,6-7,9,11H,4-5,8,16H2,1-2H3. The second-order valence-corrected chi connectivity index (χ2v) is 5.73. The molecule has 4 heteroatoms. The number of amides is 1. The number of anilines is 1. The summed E-state index contributed by atoms with van der Waals surface area (Å²) in [7, 11) is 0. The molecule has 0 atom stereocenters. The molecule has 1 aromatic rings. The molecule has 18 heavy (non-hydrogen) atoms. The van der Waals surface area contributed by atoms with Gasteiger partial charge in [-0.05, 0) is 37.0 Å². The van der Waals surface area contributed by atoms with Gasteiger partial charge in [0, 0.05) is 18.2 Å². The maximum atomic E-state index is 12.5. The number of halogens is 1. The Balaban J connectivity index is 2.19. The third-order valence-corrected chi connectivity index (χ3v) is 3.39. The number of hydrogen-bond acceptors (Lipinski definition) is 2. The molecule has 0 heterocycles. The summed E-state index contributed by atoms with van der Waals surface area (Å²) < 4.78 is 0. The van der Waals surface area contributed by atoms with E-state index in [1.807, 2.05) is 4.90 Å². The lowest BCUT2D eigenvalue weighted by Crippen LogP contribution is -2.36. The van der Waals surface area contributed by atoms with Gasteiger partial charge in [-0.3, -0.25) is 4.79 Å². The molecule has 98 valence electrons. The molecule has 0 spiro atoms. The average Bonchev–Trinajstić information content (AvgIpc) is 3.12. The van der Waals surface area contributed by atoms with Crippen LogP contribution in [0.3, 0.4) is 0 Å². The summed E-state index contributed by atoms with van der Waals surface area (Å²) in [5, 5.41) is 0.446. The van der Waals surface area contributed by atoms with E-state index in [2.05, 4.69) is 13.8 Å². The summed E-state index contributed by atoms with van der Waals surface area (Å²) in [5.41, 5.74) is 6.80. The lowest BCUT2D eigenvalue weighted by molar-refractivity contribution is 0.0722. The zero-order chi connectivity index (χ0) is 13.3. The number of nitrogens with zero attached hydrogens (tertiary/aromatic N) is 1. The zero-order valence-electron chi connectivity index (χ0n) is 10.8. The van der Waals surface area contributed by atoms with E-state index in [1.54, 1.807) is 18.2 Å². The molecule has 1 aromatic carbocycles. The first-order chi connectivity index (χ1) is 8.49. The first kappa shape index (κ1) is 13.2. The van der Waals surface area contributed by atoms with Crippen LogP contribution in [0.1, 0.15) is 37.0 Å². The fourth-order valence-electron chi connectivity index (χ4n) is 2.00. The monoisotopic (exact) mass is 266 g/mol. The van der Waals surface area contributed by atoms with Crippen LogP contribution in [-0.4, -0.2) is 23.4 Å². The van der Waals surface area contributed by atoms with E-state index in [1.165, 1.54) is 0 Å². The Labute approximate surface area is 113 Å². The summed E-state index contributed by atoms with van der Waals surface area (Å²) in [4.78, 5) is 14.4. The van der Waals surface area contributed by atoms with Gasteiger partial charge in [-0.15, -0.1) is 0 Å². The Morgan fingerprint density at radius 3 is 2.67 bits per heavy atom. The lowest BCUT2D eigenvalue weighted by Gasteiger charge is -2.24. The van der Waals surface area contributed by atoms with Crippen LogP contribution in [0.25, 0.3) is 0 Å². The molecular weight excluding hydrogens is 248 g/mol. The SMILES string of the molecule is CC(C)CN(C(=O)c1ccc(N)c(Cl)c1)C1CC1. The van der Waals surface area contributed by atoms with Gasteiger partial charge in [0.25, 0.3) is 5.91 Å². The summed E-state index contributed by atoms with van der Waals surface area (Å²) in [6.07, 6.45) is 2.22. The lowest BCUT2D eigenvalue weighted by atomic mass is 10.1. The van der Waals surface area contributed by atoms with E-state index in [0.29, 0.717) is 28.2 Å². The number of nitrogen functional groups attached to an aromatic ring is 1. The molecule has 1 amide bonds. The Morgan fingerprint density at radius 1 is 1.50 bits per heavy atom. The van der Waals surface area contributed by atoms with Gasteiger partial charge < -0.3 is 10.6 Å². The number of rotatable bonds is 4. The number of carbonyl (C=O) groups excluding carboxylic acids is 1. The molecule has 0 aromatic heterocycles. The first-order valence-electron chi connectivity index (χ1n) is 6.35. The predicted molar refractivity (Wildman–Crippen MR) is 74.8 cm³/mol. The van der Waals surface area contributed by atoms with Crippen LogP contribution in [-0.2, 0) is 0 Å².